The zero-order chi connectivity index (χ0) is 17.7. The predicted molar refractivity (Wildman–Crippen MR) is 108 cm³/mol. The lowest BCUT2D eigenvalue weighted by Gasteiger charge is -2.49. The second kappa shape index (κ2) is 6.35. The van der Waals surface area contributed by atoms with E-state index in [-0.39, 0.29) is 0 Å². The number of hydrogen-bond donors (Lipinski definition) is 0. The molecule has 2 aliphatic rings. The molecule has 2 fully saturated rings. The highest BCUT2D eigenvalue weighted by molar-refractivity contribution is 7.22. The molecule has 1 unspecified atom stereocenters. The normalized spacial score (nSPS) is 22.1. The smallest absolute Gasteiger partial charge is 0.186 e. The SMILES string of the molecule is CC1CCCCN1C1CN(c2nc3ccc(-c4cnn(C)c4)cc3s2)C1. The maximum atomic E-state index is 4.88. The van der Waals surface area contributed by atoms with Gasteiger partial charge in [-0.05, 0) is 44.0 Å². The standard InChI is InChI=1S/C20H25N5S/c1-14-5-3-4-8-25(14)17-12-24(13-17)20-22-18-7-6-15(9-19(18)26-20)16-10-21-23(2)11-16/h6-7,9-11,14,17H,3-5,8,12-13H2,1-2H3. The minimum atomic E-state index is 0.711. The summed E-state index contributed by atoms with van der Waals surface area (Å²) in [5.74, 6) is 0. The number of nitrogens with zero attached hydrogens (tertiary/aromatic N) is 5. The molecular formula is C20H25N5S. The van der Waals surface area contributed by atoms with Crippen molar-refractivity contribution < 1.29 is 0 Å². The molecule has 136 valence electrons. The highest BCUT2D eigenvalue weighted by Crippen LogP contribution is 2.35. The Labute approximate surface area is 158 Å². The molecule has 0 radical (unpaired) electrons. The van der Waals surface area contributed by atoms with Crippen LogP contribution in [0.1, 0.15) is 26.2 Å². The van der Waals surface area contributed by atoms with Gasteiger partial charge >= 0.3 is 0 Å². The van der Waals surface area contributed by atoms with Gasteiger partial charge in [0, 0.05) is 44.0 Å². The van der Waals surface area contributed by atoms with Crippen LogP contribution in [-0.2, 0) is 7.05 Å². The maximum Gasteiger partial charge on any atom is 0.186 e. The number of aromatic nitrogens is 3. The van der Waals surface area contributed by atoms with Crippen LogP contribution in [0.5, 0.6) is 0 Å². The van der Waals surface area contributed by atoms with Crippen LogP contribution in [0.2, 0.25) is 0 Å². The first-order valence-electron chi connectivity index (χ1n) is 9.58. The zero-order valence-corrected chi connectivity index (χ0v) is 16.2. The number of rotatable bonds is 3. The van der Waals surface area contributed by atoms with E-state index in [1.165, 1.54) is 41.2 Å². The second-order valence-electron chi connectivity index (χ2n) is 7.72. The van der Waals surface area contributed by atoms with E-state index in [2.05, 4.69) is 46.2 Å². The van der Waals surface area contributed by atoms with Crippen molar-refractivity contribution in [1.82, 2.24) is 19.7 Å². The fourth-order valence-electron chi connectivity index (χ4n) is 4.28. The average molecular weight is 368 g/mol. The molecule has 2 aromatic heterocycles. The van der Waals surface area contributed by atoms with E-state index in [9.17, 15) is 0 Å². The third kappa shape index (κ3) is 2.81. The van der Waals surface area contributed by atoms with Gasteiger partial charge in [-0.3, -0.25) is 9.58 Å². The Kier molecular flexibility index (Phi) is 3.98. The highest BCUT2D eigenvalue weighted by atomic mass is 32.1. The molecule has 0 aliphatic carbocycles. The van der Waals surface area contributed by atoms with Crippen molar-refractivity contribution in [1.29, 1.82) is 0 Å². The Hall–Kier alpha value is -1.92. The predicted octanol–water partition coefficient (Wildman–Crippen LogP) is 3.76. The molecule has 1 atom stereocenters. The van der Waals surface area contributed by atoms with Gasteiger partial charge in [-0.2, -0.15) is 5.10 Å². The topological polar surface area (TPSA) is 37.2 Å². The lowest BCUT2D eigenvalue weighted by Crippen LogP contribution is -2.62. The maximum absolute atomic E-state index is 4.88. The minimum Gasteiger partial charge on any atom is -0.345 e. The van der Waals surface area contributed by atoms with Gasteiger partial charge in [-0.15, -0.1) is 0 Å². The molecule has 5 nitrogen and oxygen atoms in total. The van der Waals surface area contributed by atoms with Gasteiger partial charge in [0.05, 0.1) is 16.4 Å². The van der Waals surface area contributed by atoms with Gasteiger partial charge in [-0.25, -0.2) is 4.98 Å². The monoisotopic (exact) mass is 367 g/mol. The fourth-order valence-corrected chi connectivity index (χ4v) is 5.30. The van der Waals surface area contributed by atoms with Crippen molar-refractivity contribution in [2.24, 2.45) is 7.05 Å². The summed E-state index contributed by atoms with van der Waals surface area (Å²) in [5.41, 5.74) is 3.48. The third-order valence-electron chi connectivity index (χ3n) is 5.87. The Morgan fingerprint density at radius 1 is 1.15 bits per heavy atom. The van der Waals surface area contributed by atoms with Crippen LogP contribution in [0, 0.1) is 0 Å². The van der Waals surface area contributed by atoms with Gasteiger partial charge in [0.15, 0.2) is 5.13 Å². The summed E-state index contributed by atoms with van der Waals surface area (Å²) in [6, 6.07) is 7.99. The first kappa shape index (κ1) is 16.3. The minimum absolute atomic E-state index is 0.711. The molecule has 4 heterocycles. The molecule has 0 N–H and O–H groups in total. The number of fused-ring (bicyclic) bond motifs is 1. The summed E-state index contributed by atoms with van der Waals surface area (Å²) in [6.07, 6.45) is 8.09. The largest absolute Gasteiger partial charge is 0.345 e. The van der Waals surface area contributed by atoms with E-state index in [0.29, 0.717) is 6.04 Å². The van der Waals surface area contributed by atoms with Crippen molar-refractivity contribution in [2.75, 3.05) is 24.5 Å². The van der Waals surface area contributed by atoms with Crippen LogP contribution in [0.4, 0.5) is 5.13 Å². The number of thiazole rings is 1. The number of piperidine rings is 1. The van der Waals surface area contributed by atoms with E-state index >= 15 is 0 Å². The van der Waals surface area contributed by atoms with Crippen LogP contribution < -0.4 is 4.90 Å². The van der Waals surface area contributed by atoms with Crippen LogP contribution in [0.15, 0.2) is 30.6 Å². The van der Waals surface area contributed by atoms with E-state index in [0.717, 1.165) is 30.2 Å². The lowest BCUT2D eigenvalue weighted by molar-refractivity contribution is 0.0876. The number of hydrogen-bond acceptors (Lipinski definition) is 5. The summed E-state index contributed by atoms with van der Waals surface area (Å²) in [5, 5.41) is 5.45. The zero-order valence-electron chi connectivity index (χ0n) is 15.4. The van der Waals surface area contributed by atoms with Crippen molar-refractivity contribution in [3.8, 4) is 11.1 Å². The van der Waals surface area contributed by atoms with E-state index in [1.807, 2.05) is 29.3 Å². The molecular weight excluding hydrogens is 342 g/mol. The lowest BCUT2D eigenvalue weighted by atomic mass is 9.98. The molecule has 26 heavy (non-hydrogen) atoms. The van der Waals surface area contributed by atoms with Crippen molar-refractivity contribution >= 4 is 26.7 Å². The van der Waals surface area contributed by atoms with Gasteiger partial charge in [-0.1, -0.05) is 23.8 Å². The van der Waals surface area contributed by atoms with E-state index in [1.54, 1.807) is 0 Å². The first-order chi connectivity index (χ1) is 12.7. The summed E-state index contributed by atoms with van der Waals surface area (Å²) in [4.78, 5) is 10.0. The summed E-state index contributed by atoms with van der Waals surface area (Å²) in [7, 11) is 1.95. The average Bonchev–Trinajstić information content (AvgIpc) is 3.20. The van der Waals surface area contributed by atoms with Crippen molar-refractivity contribution in [3.63, 3.8) is 0 Å². The third-order valence-corrected chi connectivity index (χ3v) is 6.95. The van der Waals surface area contributed by atoms with Crippen LogP contribution in [0.25, 0.3) is 21.3 Å². The highest BCUT2D eigenvalue weighted by Gasteiger charge is 2.36. The second-order valence-corrected chi connectivity index (χ2v) is 8.73. The van der Waals surface area contributed by atoms with Crippen LogP contribution in [-0.4, -0.2) is 51.4 Å². The van der Waals surface area contributed by atoms with Crippen LogP contribution in [0.3, 0.4) is 0 Å². The van der Waals surface area contributed by atoms with Gasteiger partial charge in [0.1, 0.15) is 0 Å². The van der Waals surface area contributed by atoms with E-state index < -0.39 is 0 Å². The quantitative estimate of drug-likeness (QED) is 0.706. The Morgan fingerprint density at radius 2 is 2.04 bits per heavy atom. The molecule has 6 heteroatoms. The summed E-state index contributed by atoms with van der Waals surface area (Å²) in [6.45, 7) is 5.91. The van der Waals surface area contributed by atoms with Crippen molar-refractivity contribution in [3.05, 3.63) is 30.6 Å². The molecule has 0 amide bonds. The van der Waals surface area contributed by atoms with Crippen LogP contribution >= 0.6 is 11.3 Å². The summed E-state index contributed by atoms with van der Waals surface area (Å²) >= 11 is 1.82. The number of benzene rings is 1. The fraction of sp³-hybridized carbons (Fsp3) is 0.500. The number of anilines is 1. The molecule has 0 bridgehead atoms. The molecule has 2 aliphatic heterocycles. The molecule has 1 aromatic carbocycles. The molecule has 0 spiro atoms. The molecule has 2 saturated heterocycles. The summed E-state index contributed by atoms with van der Waals surface area (Å²) < 4.78 is 3.11. The van der Waals surface area contributed by atoms with Gasteiger partial charge < -0.3 is 4.90 Å². The van der Waals surface area contributed by atoms with E-state index in [4.69, 9.17) is 4.98 Å². The van der Waals surface area contributed by atoms with Gasteiger partial charge in [0.2, 0.25) is 0 Å². The Bertz CT molecular complexity index is 923. The first-order valence-corrected chi connectivity index (χ1v) is 10.4. The number of likely N-dealkylation sites (tertiary alicyclic amines) is 1. The van der Waals surface area contributed by atoms with Crippen molar-refractivity contribution in [2.45, 2.75) is 38.3 Å². The Balaban J connectivity index is 1.33. The number of aryl methyl sites for hydroxylation is 1. The Morgan fingerprint density at radius 3 is 2.81 bits per heavy atom. The molecule has 5 rings (SSSR count). The van der Waals surface area contributed by atoms with Gasteiger partial charge in [0.25, 0.3) is 0 Å². The molecule has 3 aromatic rings. The molecule has 0 saturated carbocycles.